The molecule has 2 rings (SSSR count). The van der Waals surface area contributed by atoms with Gasteiger partial charge in [-0.3, -0.25) is 0 Å². The van der Waals surface area contributed by atoms with Crippen molar-refractivity contribution in [1.29, 1.82) is 0 Å². The summed E-state index contributed by atoms with van der Waals surface area (Å²) < 4.78 is 41.7. The second kappa shape index (κ2) is 5.97. The molecule has 1 atom stereocenters. The van der Waals surface area contributed by atoms with Crippen LogP contribution in [0.4, 0.5) is 13.2 Å². The molecule has 0 bridgehead atoms. The quantitative estimate of drug-likeness (QED) is 0.866. The highest BCUT2D eigenvalue weighted by atomic mass is 79.9. The summed E-state index contributed by atoms with van der Waals surface area (Å²) in [5, 5.41) is 2.86. The van der Waals surface area contributed by atoms with E-state index in [4.69, 9.17) is 0 Å². The molecule has 5 heteroatoms. The summed E-state index contributed by atoms with van der Waals surface area (Å²) in [6.45, 7) is 1.61. The molecule has 0 heterocycles. The molecule has 1 N–H and O–H groups in total. The van der Waals surface area contributed by atoms with Crippen molar-refractivity contribution in [1.82, 2.24) is 5.32 Å². The molecular formula is C15H13BrF3N. The van der Waals surface area contributed by atoms with Gasteiger partial charge in [-0.2, -0.15) is 0 Å². The number of nitrogens with one attached hydrogen (secondary N) is 1. The van der Waals surface area contributed by atoms with Crippen molar-refractivity contribution < 1.29 is 13.2 Å². The molecule has 0 amide bonds. The maximum absolute atomic E-state index is 14.0. The van der Waals surface area contributed by atoms with Gasteiger partial charge in [-0.15, -0.1) is 0 Å². The Balaban J connectivity index is 2.55. The van der Waals surface area contributed by atoms with E-state index in [1.165, 1.54) is 24.3 Å². The SMILES string of the molecule is CNC(c1ccc(F)c(C)c1)c1c(F)cc(Br)cc1F. The maximum Gasteiger partial charge on any atom is 0.132 e. The third-order valence-corrected chi connectivity index (χ3v) is 3.59. The molecule has 2 aromatic carbocycles. The van der Waals surface area contributed by atoms with Gasteiger partial charge in [-0.1, -0.05) is 28.1 Å². The van der Waals surface area contributed by atoms with Gasteiger partial charge in [0, 0.05) is 10.0 Å². The molecule has 20 heavy (non-hydrogen) atoms. The van der Waals surface area contributed by atoms with E-state index in [1.807, 2.05) is 0 Å². The first-order valence-electron chi connectivity index (χ1n) is 6.01. The summed E-state index contributed by atoms with van der Waals surface area (Å²) in [5.41, 5.74) is 0.953. The van der Waals surface area contributed by atoms with Gasteiger partial charge in [-0.25, -0.2) is 13.2 Å². The van der Waals surface area contributed by atoms with Crippen LogP contribution in [0.3, 0.4) is 0 Å². The Hall–Kier alpha value is -1.33. The lowest BCUT2D eigenvalue weighted by molar-refractivity contribution is 0.520. The summed E-state index contributed by atoms with van der Waals surface area (Å²) >= 11 is 3.05. The predicted molar refractivity (Wildman–Crippen MR) is 76.1 cm³/mol. The predicted octanol–water partition coefficient (Wildman–Crippen LogP) is 4.48. The fraction of sp³-hybridized carbons (Fsp3) is 0.200. The normalized spacial score (nSPS) is 12.5. The molecule has 0 radical (unpaired) electrons. The summed E-state index contributed by atoms with van der Waals surface area (Å²) in [7, 11) is 1.60. The molecule has 0 aliphatic heterocycles. The largest absolute Gasteiger partial charge is 0.309 e. The molecule has 0 saturated heterocycles. The van der Waals surface area contributed by atoms with Crippen LogP contribution in [-0.2, 0) is 0 Å². The van der Waals surface area contributed by atoms with E-state index in [9.17, 15) is 13.2 Å². The van der Waals surface area contributed by atoms with Crippen LogP contribution < -0.4 is 5.32 Å². The highest BCUT2D eigenvalue weighted by Crippen LogP contribution is 2.29. The van der Waals surface area contributed by atoms with Gasteiger partial charge in [0.05, 0.1) is 6.04 Å². The van der Waals surface area contributed by atoms with Crippen LogP contribution in [0.25, 0.3) is 0 Å². The first-order valence-corrected chi connectivity index (χ1v) is 6.81. The lowest BCUT2D eigenvalue weighted by Crippen LogP contribution is -2.20. The summed E-state index contributed by atoms with van der Waals surface area (Å²) in [4.78, 5) is 0. The number of hydrogen-bond acceptors (Lipinski definition) is 1. The van der Waals surface area contributed by atoms with Gasteiger partial charge >= 0.3 is 0 Å². The smallest absolute Gasteiger partial charge is 0.132 e. The molecular weight excluding hydrogens is 331 g/mol. The van der Waals surface area contributed by atoms with Crippen molar-refractivity contribution in [2.75, 3.05) is 7.05 Å². The lowest BCUT2D eigenvalue weighted by Gasteiger charge is -2.19. The van der Waals surface area contributed by atoms with Gasteiger partial charge in [0.1, 0.15) is 17.5 Å². The van der Waals surface area contributed by atoms with Gasteiger partial charge in [0.15, 0.2) is 0 Å². The first kappa shape index (κ1) is 15.1. The van der Waals surface area contributed by atoms with Crippen LogP contribution in [0.2, 0.25) is 0 Å². The number of hydrogen-bond donors (Lipinski definition) is 1. The van der Waals surface area contributed by atoms with Crippen molar-refractivity contribution in [3.8, 4) is 0 Å². The van der Waals surface area contributed by atoms with E-state index in [1.54, 1.807) is 20.0 Å². The summed E-state index contributed by atoms with van der Waals surface area (Å²) in [5.74, 6) is -1.66. The van der Waals surface area contributed by atoms with E-state index in [0.717, 1.165) is 0 Å². The number of benzene rings is 2. The third-order valence-electron chi connectivity index (χ3n) is 3.14. The molecule has 0 aliphatic rings. The first-order chi connectivity index (χ1) is 9.43. The highest BCUT2D eigenvalue weighted by molar-refractivity contribution is 9.10. The zero-order chi connectivity index (χ0) is 14.9. The molecule has 0 aliphatic carbocycles. The van der Waals surface area contributed by atoms with Crippen LogP contribution in [0.5, 0.6) is 0 Å². The summed E-state index contributed by atoms with van der Waals surface area (Å²) in [6, 6.07) is 6.13. The van der Waals surface area contributed by atoms with E-state index in [0.29, 0.717) is 15.6 Å². The summed E-state index contributed by atoms with van der Waals surface area (Å²) in [6.07, 6.45) is 0. The van der Waals surface area contributed by atoms with E-state index in [-0.39, 0.29) is 11.4 Å². The Morgan fingerprint density at radius 1 is 1.00 bits per heavy atom. The molecule has 2 aromatic rings. The van der Waals surface area contributed by atoms with Crippen molar-refractivity contribution >= 4 is 15.9 Å². The van der Waals surface area contributed by atoms with E-state index >= 15 is 0 Å². The number of rotatable bonds is 3. The third kappa shape index (κ3) is 2.88. The van der Waals surface area contributed by atoms with Crippen molar-refractivity contribution in [2.24, 2.45) is 0 Å². The topological polar surface area (TPSA) is 12.0 Å². The highest BCUT2D eigenvalue weighted by Gasteiger charge is 2.21. The average Bonchev–Trinajstić information content (AvgIpc) is 2.37. The zero-order valence-corrected chi connectivity index (χ0v) is 12.6. The lowest BCUT2D eigenvalue weighted by atomic mass is 9.96. The van der Waals surface area contributed by atoms with Crippen molar-refractivity contribution in [2.45, 2.75) is 13.0 Å². The van der Waals surface area contributed by atoms with Crippen LogP contribution in [0, 0.1) is 24.4 Å². The fourth-order valence-electron chi connectivity index (χ4n) is 2.15. The molecule has 1 nitrogen and oxygen atoms in total. The standard InChI is InChI=1S/C15H13BrF3N/c1-8-5-9(3-4-11(8)17)15(20-2)14-12(18)6-10(16)7-13(14)19/h3-7,15,20H,1-2H3. The Bertz CT molecular complexity index is 620. The zero-order valence-electron chi connectivity index (χ0n) is 11.0. The fourth-order valence-corrected chi connectivity index (χ4v) is 2.56. The minimum absolute atomic E-state index is 0.0818. The molecule has 0 spiro atoms. The number of aryl methyl sites for hydroxylation is 1. The minimum Gasteiger partial charge on any atom is -0.309 e. The molecule has 1 unspecified atom stereocenters. The second-order valence-electron chi connectivity index (χ2n) is 4.51. The maximum atomic E-state index is 14.0. The van der Waals surface area contributed by atoms with Crippen molar-refractivity contribution in [3.63, 3.8) is 0 Å². The van der Waals surface area contributed by atoms with Crippen LogP contribution in [-0.4, -0.2) is 7.05 Å². The van der Waals surface area contributed by atoms with Crippen LogP contribution in [0.15, 0.2) is 34.8 Å². The van der Waals surface area contributed by atoms with Crippen molar-refractivity contribution in [3.05, 3.63) is 68.9 Å². The Morgan fingerprint density at radius 2 is 1.60 bits per heavy atom. The van der Waals surface area contributed by atoms with Crippen LogP contribution in [0.1, 0.15) is 22.7 Å². The Kier molecular flexibility index (Phi) is 4.50. The Labute approximate surface area is 123 Å². The average molecular weight is 344 g/mol. The van der Waals surface area contributed by atoms with E-state index < -0.39 is 17.7 Å². The van der Waals surface area contributed by atoms with Gasteiger partial charge in [0.25, 0.3) is 0 Å². The van der Waals surface area contributed by atoms with Gasteiger partial charge < -0.3 is 5.32 Å². The molecule has 0 fully saturated rings. The second-order valence-corrected chi connectivity index (χ2v) is 5.43. The Morgan fingerprint density at radius 3 is 2.10 bits per heavy atom. The minimum atomic E-state index is -0.678. The van der Waals surface area contributed by atoms with Crippen LogP contribution >= 0.6 is 15.9 Å². The molecule has 0 saturated carbocycles. The molecule has 0 aromatic heterocycles. The monoisotopic (exact) mass is 343 g/mol. The van der Waals surface area contributed by atoms with Gasteiger partial charge in [0.2, 0.25) is 0 Å². The number of halogens is 4. The van der Waals surface area contributed by atoms with Gasteiger partial charge in [-0.05, 0) is 43.3 Å². The molecule has 106 valence electrons. The van der Waals surface area contributed by atoms with E-state index in [2.05, 4.69) is 21.2 Å².